The number of hydrogen-bond donors (Lipinski definition) is 3. The molecule has 0 aliphatic carbocycles. The molecule has 0 aliphatic heterocycles. The van der Waals surface area contributed by atoms with E-state index in [9.17, 15) is 4.79 Å². The molecule has 0 saturated carbocycles. The van der Waals surface area contributed by atoms with Crippen molar-refractivity contribution in [2.45, 2.75) is 13.3 Å². The summed E-state index contributed by atoms with van der Waals surface area (Å²) in [5.74, 6) is 0.380. The van der Waals surface area contributed by atoms with Crippen LogP contribution in [0.3, 0.4) is 0 Å². The van der Waals surface area contributed by atoms with Gasteiger partial charge in [0.25, 0.3) is 5.91 Å². The first kappa shape index (κ1) is 9.45. The van der Waals surface area contributed by atoms with Crippen LogP contribution >= 0.6 is 0 Å². The number of nitrogen functional groups attached to an aromatic ring is 1. The average Bonchev–Trinajstić information content (AvgIpc) is 2.61. The van der Waals surface area contributed by atoms with Gasteiger partial charge < -0.3 is 16.5 Å². The molecule has 6 heteroatoms. The van der Waals surface area contributed by atoms with Crippen molar-refractivity contribution >= 4 is 22.8 Å². The Labute approximate surface area is 85.7 Å². The zero-order valence-corrected chi connectivity index (χ0v) is 8.24. The van der Waals surface area contributed by atoms with Crippen LogP contribution in [0.1, 0.15) is 23.1 Å². The summed E-state index contributed by atoms with van der Waals surface area (Å²) in [7, 11) is 0. The number of rotatable bonds is 2. The van der Waals surface area contributed by atoms with Gasteiger partial charge in [0.15, 0.2) is 0 Å². The van der Waals surface area contributed by atoms with Crippen LogP contribution in [0.4, 0.5) is 5.82 Å². The van der Waals surface area contributed by atoms with E-state index in [-0.39, 0.29) is 5.82 Å². The van der Waals surface area contributed by atoms with E-state index in [0.29, 0.717) is 28.8 Å². The normalized spacial score (nSPS) is 10.7. The standard InChI is InChI=1S/C9H11N5O/c1-2-5-13-7(10)6-4(8(11)15)3-12-9(6)14-5/h3H,2H2,1H3,(H2,11,15)(H3,10,12,13,14). The number of aryl methyl sites for hydroxylation is 1. The van der Waals surface area contributed by atoms with Gasteiger partial charge in [-0.1, -0.05) is 6.92 Å². The minimum atomic E-state index is -0.541. The summed E-state index contributed by atoms with van der Waals surface area (Å²) in [6.07, 6.45) is 2.18. The summed E-state index contributed by atoms with van der Waals surface area (Å²) in [4.78, 5) is 22.2. The number of hydrogen-bond acceptors (Lipinski definition) is 4. The summed E-state index contributed by atoms with van der Waals surface area (Å²) in [5, 5.41) is 0.500. The maximum atomic E-state index is 11.1. The van der Waals surface area contributed by atoms with Crippen LogP contribution < -0.4 is 11.5 Å². The van der Waals surface area contributed by atoms with Gasteiger partial charge in [-0.3, -0.25) is 4.79 Å². The van der Waals surface area contributed by atoms with Crippen LogP contribution in [-0.2, 0) is 6.42 Å². The molecule has 2 aromatic rings. The number of carbonyl (C=O) groups is 1. The summed E-state index contributed by atoms with van der Waals surface area (Å²) >= 11 is 0. The van der Waals surface area contributed by atoms with Gasteiger partial charge in [0, 0.05) is 12.6 Å². The molecule has 0 aliphatic rings. The highest BCUT2D eigenvalue weighted by atomic mass is 16.1. The Morgan fingerprint density at radius 3 is 2.87 bits per heavy atom. The van der Waals surface area contributed by atoms with Gasteiger partial charge in [0.1, 0.15) is 17.3 Å². The Hall–Kier alpha value is -2.11. The second-order valence-electron chi connectivity index (χ2n) is 3.17. The monoisotopic (exact) mass is 205 g/mol. The van der Waals surface area contributed by atoms with Crippen molar-refractivity contribution in [3.05, 3.63) is 17.6 Å². The Morgan fingerprint density at radius 1 is 1.53 bits per heavy atom. The Balaban J connectivity index is 2.77. The van der Waals surface area contributed by atoms with Crippen molar-refractivity contribution in [1.29, 1.82) is 0 Å². The van der Waals surface area contributed by atoms with Crippen molar-refractivity contribution in [2.24, 2.45) is 5.73 Å². The number of nitrogens with zero attached hydrogens (tertiary/aromatic N) is 2. The average molecular weight is 205 g/mol. The minimum absolute atomic E-state index is 0.284. The van der Waals surface area contributed by atoms with Gasteiger partial charge in [0.2, 0.25) is 0 Å². The molecule has 2 aromatic heterocycles. The molecule has 0 unspecified atom stereocenters. The third-order valence-electron chi connectivity index (χ3n) is 2.19. The maximum absolute atomic E-state index is 11.1. The number of amides is 1. The quantitative estimate of drug-likeness (QED) is 0.650. The fourth-order valence-corrected chi connectivity index (χ4v) is 1.46. The van der Waals surface area contributed by atoms with E-state index in [2.05, 4.69) is 15.0 Å². The van der Waals surface area contributed by atoms with Crippen LogP contribution in [0.5, 0.6) is 0 Å². The molecule has 78 valence electrons. The molecule has 0 spiro atoms. The molecule has 2 heterocycles. The maximum Gasteiger partial charge on any atom is 0.251 e. The molecule has 0 atom stereocenters. The molecule has 0 aromatic carbocycles. The second kappa shape index (κ2) is 3.23. The molecule has 0 fully saturated rings. The van der Waals surface area contributed by atoms with Crippen molar-refractivity contribution in [1.82, 2.24) is 15.0 Å². The first-order chi connectivity index (χ1) is 7.13. The van der Waals surface area contributed by atoms with Crippen LogP contribution in [0.25, 0.3) is 11.0 Å². The highest BCUT2D eigenvalue weighted by Gasteiger charge is 2.14. The Kier molecular flexibility index (Phi) is 2.03. The predicted octanol–water partition coefficient (Wildman–Crippen LogP) is 0.201. The first-order valence-corrected chi connectivity index (χ1v) is 4.56. The number of primary amides is 1. The van der Waals surface area contributed by atoms with E-state index < -0.39 is 5.91 Å². The van der Waals surface area contributed by atoms with Crippen molar-refractivity contribution in [3.63, 3.8) is 0 Å². The minimum Gasteiger partial charge on any atom is -0.383 e. The fraction of sp³-hybridized carbons (Fsp3) is 0.222. The Morgan fingerprint density at radius 2 is 2.27 bits per heavy atom. The third kappa shape index (κ3) is 1.39. The lowest BCUT2D eigenvalue weighted by molar-refractivity contribution is 0.100. The fourth-order valence-electron chi connectivity index (χ4n) is 1.46. The number of anilines is 1. The van der Waals surface area contributed by atoms with Crippen LogP contribution in [0, 0.1) is 0 Å². The summed E-state index contributed by atoms with van der Waals surface area (Å²) in [5.41, 5.74) is 11.8. The van der Waals surface area contributed by atoms with Crippen molar-refractivity contribution in [2.75, 3.05) is 5.73 Å². The van der Waals surface area contributed by atoms with Gasteiger partial charge in [-0.2, -0.15) is 0 Å². The number of H-pyrrole nitrogens is 1. The molecule has 0 bridgehead atoms. The van der Waals surface area contributed by atoms with Crippen LogP contribution in [0.15, 0.2) is 6.20 Å². The van der Waals surface area contributed by atoms with Crippen molar-refractivity contribution in [3.8, 4) is 0 Å². The number of aromatic amines is 1. The van der Waals surface area contributed by atoms with E-state index in [1.807, 2.05) is 6.92 Å². The third-order valence-corrected chi connectivity index (χ3v) is 2.19. The lowest BCUT2D eigenvalue weighted by Gasteiger charge is -2.00. The number of nitrogens with one attached hydrogen (secondary N) is 1. The highest BCUT2D eigenvalue weighted by Crippen LogP contribution is 2.21. The molecule has 2 rings (SSSR count). The van der Waals surface area contributed by atoms with Gasteiger partial charge in [-0.05, 0) is 0 Å². The van der Waals surface area contributed by atoms with Crippen LogP contribution in [0.2, 0.25) is 0 Å². The topological polar surface area (TPSA) is 111 Å². The largest absolute Gasteiger partial charge is 0.383 e. The number of fused-ring (bicyclic) bond motifs is 1. The SMILES string of the molecule is CCc1nc(N)c2c(C(N)=O)c[nH]c2n1. The van der Waals surface area contributed by atoms with Gasteiger partial charge in [0.05, 0.1) is 10.9 Å². The van der Waals surface area contributed by atoms with Gasteiger partial charge in [-0.25, -0.2) is 9.97 Å². The molecule has 1 amide bonds. The first-order valence-electron chi connectivity index (χ1n) is 4.56. The number of nitrogens with two attached hydrogens (primary N) is 2. The number of aromatic nitrogens is 3. The van der Waals surface area contributed by atoms with Gasteiger partial charge >= 0.3 is 0 Å². The van der Waals surface area contributed by atoms with Gasteiger partial charge in [-0.15, -0.1) is 0 Å². The van der Waals surface area contributed by atoms with E-state index >= 15 is 0 Å². The second-order valence-corrected chi connectivity index (χ2v) is 3.17. The van der Waals surface area contributed by atoms with Crippen molar-refractivity contribution < 1.29 is 4.79 Å². The van der Waals surface area contributed by atoms with E-state index in [0.717, 1.165) is 0 Å². The zero-order valence-electron chi connectivity index (χ0n) is 8.24. The molecule has 0 radical (unpaired) electrons. The summed E-state index contributed by atoms with van der Waals surface area (Å²) in [6.45, 7) is 1.93. The molecule has 0 saturated heterocycles. The van der Waals surface area contributed by atoms with E-state index in [1.54, 1.807) is 0 Å². The lowest BCUT2D eigenvalue weighted by Crippen LogP contribution is -2.11. The Bertz CT molecular complexity index is 531. The summed E-state index contributed by atoms with van der Waals surface area (Å²) < 4.78 is 0. The zero-order chi connectivity index (χ0) is 11.0. The molecule has 15 heavy (non-hydrogen) atoms. The van der Waals surface area contributed by atoms with E-state index in [4.69, 9.17) is 11.5 Å². The molecular formula is C9H11N5O. The number of carbonyl (C=O) groups excluding carboxylic acids is 1. The smallest absolute Gasteiger partial charge is 0.251 e. The molecular weight excluding hydrogens is 194 g/mol. The molecule has 5 N–H and O–H groups in total. The highest BCUT2D eigenvalue weighted by molar-refractivity contribution is 6.08. The van der Waals surface area contributed by atoms with Crippen LogP contribution in [-0.4, -0.2) is 20.9 Å². The van der Waals surface area contributed by atoms with E-state index in [1.165, 1.54) is 6.20 Å². The summed E-state index contributed by atoms with van der Waals surface area (Å²) in [6, 6.07) is 0. The lowest BCUT2D eigenvalue weighted by atomic mass is 10.2. The predicted molar refractivity (Wildman–Crippen MR) is 56.2 cm³/mol. The molecule has 6 nitrogen and oxygen atoms in total.